The number of carbonyl (C=O) groups is 1. The number of carbonyl (C=O) groups excluding carboxylic acids is 1. The average molecular weight is 749 g/mol. The number of amides is 1. The Morgan fingerprint density at radius 2 is 1.62 bits per heavy atom. The molecule has 0 atom stereocenters. The molecule has 1 fully saturated rings. The number of halogens is 5. The van der Waals surface area contributed by atoms with Gasteiger partial charge in [0.1, 0.15) is 17.2 Å². The zero-order valence-corrected chi connectivity index (χ0v) is 28.8. The number of ether oxygens (including phenoxy) is 2. The molecule has 10 nitrogen and oxygen atoms in total. The zero-order valence-electron chi connectivity index (χ0n) is 26.5. The van der Waals surface area contributed by atoms with Crippen LogP contribution < -0.4 is 14.2 Å². The van der Waals surface area contributed by atoms with Gasteiger partial charge in [-0.05, 0) is 60.2 Å². The average Bonchev–Trinajstić information content (AvgIpc) is 3.41. The second-order valence-electron chi connectivity index (χ2n) is 11.6. The van der Waals surface area contributed by atoms with E-state index < -0.39 is 22.8 Å². The summed E-state index contributed by atoms with van der Waals surface area (Å²) in [7, 11) is -2.12. The Balaban J connectivity index is 1.04. The number of nitrogens with one attached hydrogen (secondary N) is 1. The third kappa shape index (κ3) is 8.44. The van der Waals surface area contributed by atoms with Crippen LogP contribution in [0.25, 0.3) is 10.9 Å². The Bertz CT molecular complexity index is 2120. The molecule has 1 amide bonds. The Labute approximate surface area is 296 Å². The minimum atomic E-state index is -4.39. The minimum Gasteiger partial charge on any atom is -0.484 e. The number of hydrogen-bond donors (Lipinski definition) is 1. The Kier molecular flexibility index (Phi) is 10.2. The van der Waals surface area contributed by atoms with E-state index in [4.69, 9.17) is 32.7 Å². The van der Waals surface area contributed by atoms with Gasteiger partial charge in [0, 0.05) is 57.3 Å². The van der Waals surface area contributed by atoms with Crippen LogP contribution in [0.2, 0.25) is 10.0 Å². The summed E-state index contributed by atoms with van der Waals surface area (Å²) in [6.45, 7) is 1.59. The quantitative estimate of drug-likeness (QED) is 0.159. The molecular formula is C34H30Cl2F3N5O5S. The molecule has 1 saturated heterocycles. The molecule has 0 saturated carbocycles. The summed E-state index contributed by atoms with van der Waals surface area (Å²) in [6, 6.07) is 20.8. The van der Waals surface area contributed by atoms with E-state index in [1.54, 1.807) is 29.2 Å². The van der Waals surface area contributed by atoms with Gasteiger partial charge in [0.05, 0.1) is 32.3 Å². The van der Waals surface area contributed by atoms with Crippen molar-refractivity contribution >= 4 is 55.7 Å². The summed E-state index contributed by atoms with van der Waals surface area (Å²) in [5, 5.41) is 1.21. The number of aromatic nitrogens is 2. The van der Waals surface area contributed by atoms with Crippen molar-refractivity contribution < 1.29 is 35.9 Å². The molecule has 5 aromatic rings. The highest BCUT2D eigenvalue weighted by Crippen LogP contribution is 2.29. The van der Waals surface area contributed by atoms with Crippen molar-refractivity contribution in [3.8, 4) is 17.4 Å². The van der Waals surface area contributed by atoms with Crippen molar-refractivity contribution in [2.75, 3.05) is 37.5 Å². The van der Waals surface area contributed by atoms with Crippen molar-refractivity contribution in [1.29, 1.82) is 0 Å². The van der Waals surface area contributed by atoms with Crippen LogP contribution in [0.1, 0.15) is 16.1 Å². The summed E-state index contributed by atoms with van der Waals surface area (Å²) >= 11 is 11.9. The fourth-order valence-electron chi connectivity index (χ4n) is 5.44. The maximum absolute atomic E-state index is 13.5. The van der Waals surface area contributed by atoms with Crippen LogP contribution in [0.15, 0.2) is 90.0 Å². The molecule has 262 valence electrons. The third-order valence-corrected chi connectivity index (χ3v) is 10.2. The van der Waals surface area contributed by atoms with E-state index in [1.165, 1.54) is 48.7 Å². The lowest BCUT2D eigenvalue weighted by molar-refractivity contribution is -0.153. The summed E-state index contributed by atoms with van der Waals surface area (Å²) in [5.74, 6) is 0.766. The SMILES string of the molecule is Cn1c(C(=O)N2CCN(Cc3ccc(OCC(F)(F)F)cc3)CC2)cc2ccc(Oc3ccc(NS(=O)(=O)c4ccc(Cl)c(Cl)c4)cn3)cc21. The molecule has 16 heteroatoms. The number of anilines is 1. The van der Waals surface area contributed by atoms with Crippen LogP contribution in [0.5, 0.6) is 17.4 Å². The Morgan fingerprint density at radius 3 is 2.28 bits per heavy atom. The number of rotatable bonds is 10. The highest BCUT2D eigenvalue weighted by Gasteiger charge is 2.28. The van der Waals surface area contributed by atoms with Gasteiger partial charge in [-0.2, -0.15) is 13.2 Å². The van der Waals surface area contributed by atoms with Crippen molar-refractivity contribution in [2.24, 2.45) is 7.05 Å². The van der Waals surface area contributed by atoms with Gasteiger partial charge in [0.15, 0.2) is 6.61 Å². The largest absolute Gasteiger partial charge is 0.484 e. The van der Waals surface area contributed by atoms with Crippen molar-refractivity contribution in [3.63, 3.8) is 0 Å². The smallest absolute Gasteiger partial charge is 0.422 e. The predicted molar refractivity (Wildman–Crippen MR) is 184 cm³/mol. The first kappa shape index (κ1) is 35.3. The highest BCUT2D eigenvalue weighted by atomic mass is 35.5. The molecule has 6 rings (SSSR count). The molecular weight excluding hydrogens is 718 g/mol. The predicted octanol–water partition coefficient (Wildman–Crippen LogP) is 7.37. The fraction of sp³-hybridized carbons (Fsp3) is 0.235. The first-order chi connectivity index (χ1) is 23.7. The van der Waals surface area contributed by atoms with E-state index in [9.17, 15) is 26.4 Å². The van der Waals surface area contributed by atoms with Crippen LogP contribution in [0, 0.1) is 0 Å². The number of alkyl halides is 3. The van der Waals surface area contributed by atoms with Gasteiger partial charge in [0.2, 0.25) is 5.88 Å². The molecule has 0 spiro atoms. The number of aryl methyl sites for hydroxylation is 1. The van der Waals surface area contributed by atoms with E-state index in [0.717, 1.165) is 16.5 Å². The van der Waals surface area contributed by atoms with Crippen molar-refractivity contribution in [3.05, 3.63) is 106 Å². The van der Waals surface area contributed by atoms with E-state index in [-0.39, 0.29) is 38.2 Å². The molecule has 0 unspecified atom stereocenters. The molecule has 1 aliphatic heterocycles. The monoisotopic (exact) mass is 747 g/mol. The van der Waals surface area contributed by atoms with E-state index >= 15 is 0 Å². The van der Waals surface area contributed by atoms with E-state index in [1.807, 2.05) is 23.7 Å². The second-order valence-corrected chi connectivity index (χ2v) is 14.1. The van der Waals surface area contributed by atoms with Crippen molar-refractivity contribution in [2.45, 2.75) is 17.6 Å². The molecule has 0 radical (unpaired) electrons. The van der Waals surface area contributed by atoms with Gasteiger partial charge in [0.25, 0.3) is 15.9 Å². The van der Waals surface area contributed by atoms with E-state index in [2.05, 4.69) is 14.6 Å². The lowest BCUT2D eigenvalue weighted by Gasteiger charge is -2.34. The van der Waals surface area contributed by atoms with Gasteiger partial charge >= 0.3 is 6.18 Å². The molecule has 1 N–H and O–H groups in total. The Morgan fingerprint density at radius 1 is 0.900 bits per heavy atom. The zero-order chi connectivity index (χ0) is 35.6. The lowest BCUT2D eigenvalue weighted by atomic mass is 10.2. The first-order valence-electron chi connectivity index (χ1n) is 15.3. The number of hydrogen-bond acceptors (Lipinski definition) is 7. The standard InChI is InChI=1S/C34H30Cl2F3N5O5S/c1-42-30-17-26(49-32-11-5-24(19-40-32)41-50(46,47)27-9-10-28(35)29(36)18-27)8-4-23(30)16-31(42)33(45)44-14-12-43(13-15-44)20-22-2-6-25(7-3-22)48-21-34(37,38)39/h2-11,16-19,41H,12-15,20-21H2,1H3. The molecule has 1 aliphatic rings. The van der Waals surface area contributed by atoms with Crippen LogP contribution in [0.3, 0.4) is 0 Å². The molecule has 2 aromatic heterocycles. The molecule has 3 heterocycles. The molecule has 0 aliphatic carbocycles. The summed E-state index contributed by atoms with van der Waals surface area (Å²) in [5.41, 5.74) is 2.46. The molecule has 0 bridgehead atoms. The summed E-state index contributed by atoms with van der Waals surface area (Å²) < 4.78 is 77.7. The van der Waals surface area contributed by atoms with Gasteiger partial charge in [-0.1, -0.05) is 35.3 Å². The number of benzene rings is 3. The molecule has 50 heavy (non-hydrogen) atoms. The number of pyridine rings is 1. The maximum Gasteiger partial charge on any atom is 0.422 e. The summed E-state index contributed by atoms with van der Waals surface area (Å²) in [4.78, 5) is 21.7. The van der Waals surface area contributed by atoms with Gasteiger partial charge in [-0.3, -0.25) is 14.4 Å². The number of nitrogens with zero attached hydrogens (tertiary/aromatic N) is 4. The van der Waals surface area contributed by atoms with Crippen molar-refractivity contribution in [1.82, 2.24) is 19.4 Å². The molecule has 3 aromatic carbocycles. The fourth-order valence-corrected chi connectivity index (χ4v) is 6.88. The van der Waals surface area contributed by atoms with Gasteiger partial charge < -0.3 is 18.9 Å². The minimum absolute atomic E-state index is 0.0497. The second kappa shape index (κ2) is 14.4. The topological polar surface area (TPSA) is 106 Å². The highest BCUT2D eigenvalue weighted by molar-refractivity contribution is 7.92. The van der Waals surface area contributed by atoms with Gasteiger partial charge in [-0.25, -0.2) is 13.4 Å². The summed E-state index contributed by atoms with van der Waals surface area (Å²) in [6.07, 6.45) is -3.06. The first-order valence-corrected chi connectivity index (χ1v) is 17.5. The van der Waals surface area contributed by atoms with Crippen LogP contribution in [-0.4, -0.2) is 72.6 Å². The Hall–Kier alpha value is -4.50. The number of piperazine rings is 1. The number of fused-ring (bicyclic) bond motifs is 1. The number of sulfonamides is 1. The van der Waals surface area contributed by atoms with E-state index in [0.29, 0.717) is 44.2 Å². The van der Waals surface area contributed by atoms with Gasteiger partial charge in [-0.15, -0.1) is 0 Å². The maximum atomic E-state index is 13.5. The third-order valence-electron chi connectivity index (χ3n) is 8.04. The van der Waals surface area contributed by atoms with Crippen LogP contribution in [0.4, 0.5) is 18.9 Å². The normalized spacial score (nSPS) is 14.2. The van der Waals surface area contributed by atoms with Crippen LogP contribution in [-0.2, 0) is 23.6 Å². The lowest BCUT2D eigenvalue weighted by Crippen LogP contribution is -2.48. The van der Waals surface area contributed by atoms with Crippen LogP contribution >= 0.6 is 23.2 Å².